The highest BCUT2D eigenvalue weighted by molar-refractivity contribution is 5.49. The Labute approximate surface area is 119 Å². The number of aromatic nitrogens is 1. The van der Waals surface area contributed by atoms with Crippen LogP contribution in [0.2, 0.25) is 0 Å². The zero-order valence-corrected chi connectivity index (χ0v) is 12.3. The Morgan fingerprint density at radius 1 is 1.40 bits per heavy atom. The molecular weight excluding hydrogens is 254 g/mol. The molecule has 0 bridgehead atoms. The Morgan fingerprint density at radius 2 is 2.10 bits per heavy atom. The number of aryl methyl sites for hydroxylation is 1. The van der Waals surface area contributed by atoms with Gasteiger partial charge in [0, 0.05) is 17.8 Å². The molecule has 0 aromatic carbocycles. The maximum atomic E-state index is 10.9. The highest BCUT2D eigenvalue weighted by Crippen LogP contribution is 2.30. The number of hydrogen-bond acceptors (Lipinski definition) is 4. The molecule has 1 aromatic rings. The van der Waals surface area contributed by atoms with Crippen molar-refractivity contribution in [3.63, 3.8) is 0 Å². The summed E-state index contributed by atoms with van der Waals surface area (Å²) < 4.78 is 0. The summed E-state index contributed by atoms with van der Waals surface area (Å²) in [6.07, 6.45) is 8.92. The van der Waals surface area contributed by atoms with Crippen molar-refractivity contribution in [3.05, 3.63) is 27.9 Å². The predicted molar refractivity (Wildman–Crippen MR) is 79.9 cm³/mol. The third-order valence-corrected chi connectivity index (χ3v) is 4.17. The second kappa shape index (κ2) is 6.68. The summed E-state index contributed by atoms with van der Waals surface area (Å²) in [5, 5.41) is 14.3. The second-order valence-electron chi connectivity index (χ2n) is 5.76. The topological polar surface area (TPSA) is 68.1 Å². The molecule has 2 rings (SSSR count). The minimum atomic E-state index is -0.347. The fourth-order valence-corrected chi connectivity index (χ4v) is 3.00. The molecule has 1 fully saturated rings. The van der Waals surface area contributed by atoms with Crippen LogP contribution in [-0.2, 0) is 0 Å². The van der Waals surface area contributed by atoms with Gasteiger partial charge in [0.25, 0.3) is 5.69 Å². The Morgan fingerprint density at radius 3 is 2.70 bits per heavy atom. The van der Waals surface area contributed by atoms with Gasteiger partial charge in [-0.1, -0.05) is 19.8 Å². The van der Waals surface area contributed by atoms with Crippen LogP contribution in [0.5, 0.6) is 0 Å². The predicted octanol–water partition coefficient (Wildman–Crippen LogP) is 4.07. The first-order valence-electron chi connectivity index (χ1n) is 7.47. The number of rotatable bonds is 5. The Hall–Kier alpha value is -1.65. The van der Waals surface area contributed by atoms with Gasteiger partial charge in [0.05, 0.1) is 11.0 Å². The van der Waals surface area contributed by atoms with Crippen molar-refractivity contribution in [3.8, 4) is 0 Å². The van der Waals surface area contributed by atoms with Crippen molar-refractivity contribution in [2.75, 3.05) is 5.32 Å². The van der Waals surface area contributed by atoms with Crippen LogP contribution in [0.1, 0.15) is 51.0 Å². The molecule has 0 radical (unpaired) electrons. The average Bonchev–Trinajstić information content (AvgIpc) is 2.43. The molecule has 1 aliphatic carbocycles. The number of nitro groups is 1. The first-order chi connectivity index (χ1) is 9.60. The molecule has 0 saturated heterocycles. The van der Waals surface area contributed by atoms with Gasteiger partial charge in [-0.25, -0.2) is 4.98 Å². The van der Waals surface area contributed by atoms with Crippen LogP contribution in [0, 0.1) is 23.0 Å². The molecule has 0 atom stereocenters. The molecule has 5 heteroatoms. The number of nitrogens with one attached hydrogen (secondary N) is 1. The second-order valence-corrected chi connectivity index (χ2v) is 5.76. The van der Waals surface area contributed by atoms with E-state index < -0.39 is 0 Å². The molecule has 0 unspecified atom stereocenters. The third-order valence-electron chi connectivity index (χ3n) is 4.17. The summed E-state index contributed by atoms with van der Waals surface area (Å²) in [5.41, 5.74) is 0.745. The van der Waals surface area contributed by atoms with Gasteiger partial charge >= 0.3 is 0 Å². The van der Waals surface area contributed by atoms with E-state index in [-0.39, 0.29) is 10.6 Å². The highest BCUT2D eigenvalue weighted by atomic mass is 16.6. The van der Waals surface area contributed by atoms with Crippen LogP contribution in [0.25, 0.3) is 0 Å². The minimum Gasteiger partial charge on any atom is -0.367 e. The molecule has 1 N–H and O–H groups in total. The Bertz CT molecular complexity index is 468. The van der Waals surface area contributed by atoms with E-state index in [1.165, 1.54) is 25.7 Å². The van der Waals surface area contributed by atoms with Crippen LogP contribution in [0.3, 0.4) is 0 Å². The van der Waals surface area contributed by atoms with E-state index >= 15 is 0 Å². The Balaban J connectivity index is 1.94. The van der Waals surface area contributed by atoms with E-state index in [4.69, 9.17) is 0 Å². The van der Waals surface area contributed by atoms with Gasteiger partial charge in [0.15, 0.2) is 0 Å². The first-order valence-corrected chi connectivity index (χ1v) is 7.47. The summed E-state index contributed by atoms with van der Waals surface area (Å²) in [5.74, 6) is 1.49. The van der Waals surface area contributed by atoms with Gasteiger partial charge in [-0.3, -0.25) is 10.1 Å². The molecule has 1 saturated carbocycles. The summed E-state index contributed by atoms with van der Waals surface area (Å²) >= 11 is 0. The largest absolute Gasteiger partial charge is 0.367 e. The van der Waals surface area contributed by atoms with E-state index in [0.29, 0.717) is 17.4 Å². The zero-order chi connectivity index (χ0) is 14.5. The fourth-order valence-electron chi connectivity index (χ4n) is 3.00. The lowest BCUT2D eigenvalue weighted by Gasteiger charge is -2.29. The molecule has 0 amide bonds. The van der Waals surface area contributed by atoms with Gasteiger partial charge < -0.3 is 5.32 Å². The molecule has 1 aromatic heterocycles. The number of nitrogens with zero attached hydrogens (tertiary/aromatic N) is 2. The summed E-state index contributed by atoms with van der Waals surface area (Å²) in [4.78, 5) is 14.8. The molecule has 5 nitrogen and oxygen atoms in total. The highest BCUT2D eigenvalue weighted by Gasteiger charge is 2.21. The van der Waals surface area contributed by atoms with Crippen molar-refractivity contribution in [1.82, 2.24) is 4.98 Å². The molecule has 0 aliphatic heterocycles. The minimum absolute atomic E-state index is 0.141. The lowest BCUT2D eigenvalue weighted by atomic mass is 9.83. The van der Waals surface area contributed by atoms with E-state index in [1.54, 1.807) is 19.2 Å². The molecule has 1 aliphatic rings. The maximum Gasteiger partial charge on any atom is 0.277 e. The van der Waals surface area contributed by atoms with Crippen LogP contribution in [-0.4, -0.2) is 15.9 Å². The standard InChI is InChI=1S/C15H23N3O2/c1-3-4-12-5-7-13(8-6-12)17-15-9-14(18(19)20)11(2)10-16-15/h9-10,12-13H,3-8H2,1-2H3,(H,16,17). The Kier molecular flexibility index (Phi) is 4.93. The number of pyridine rings is 1. The van der Waals surface area contributed by atoms with Crippen molar-refractivity contribution in [1.29, 1.82) is 0 Å². The first kappa shape index (κ1) is 14.8. The van der Waals surface area contributed by atoms with E-state index in [9.17, 15) is 10.1 Å². The van der Waals surface area contributed by atoms with Crippen LogP contribution >= 0.6 is 0 Å². The SMILES string of the molecule is CCCC1CCC(Nc2cc([N+](=O)[O-])c(C)cn2)CC1. The van der Waals surface area contributed by atoms with Crippen molar-refractivity contribution in [2.24, 2.45) is 5.92 Å². The number of hydrogen-bond donors (Lipinski definition) is 1. The normalized spacial score (nSPS) is 22.5. The third kappa shape index (κ3) is 3.68. The fraction of sp³-hybridized carbons (Fsp3) is 0.667. The van der Waals surface area contributed by atoms with E-state index in [0.717, 1.165) is 18.8 Å². The van der Waals surface area contributed by atoms with Gasteiger partial charge in [-0.05, 0) is 38.5 Å². The van der Waals surface area contributed by atoms with Crippen molar-refractivity contribution in [2.45, 2.75) is 58.4 Å². The summed E-state index contributed by atoms with van der Waals surface area (Å²) in [6.45, 7) is 3.95. The van der Waals surface area contributed by atoms with Gasteiger partial charge in [-0.2, -0.15) is 0 Å². The summed E-state index contributed by atoms with van der Waals surface area (Å²) in [6, 6.07) is 1.95. The molecule has 1 heterocycles. The van der Waals surface area contributed by atoms with Gasteiger partial charge in [0.1, 0.15) is 5.82 Å². The average molecular weight is 277 g/mol. The monoisotopic (exact) mass is 277 g/mol. The number of anilines is 1. The van der Waals surface area contributed by atoms with Crippen LogP contribution in [0.15, 0.2) is 12.3 Å². The zero-order valence-electron chi connectivity index (χ0n) is 12.3. The quantitative estimate of drug-likeness (QED) is 0.650. The van der Waals surface area contributed by atoms with Gasteiger partial charge in [0.2, 0.25) is 0 Å². The molecule has 20 heavy (non-hydrogen) atoms. The van der Waals surface area contributed by atoms with Crippen molar-refractivity contribution >= 4 is 11.5 Å². The maximum absolute atomic E-state index is 10.9. The molecular formula is C15H23N3O2. The van der Waals surface area contributed by atoms with Gasteiger partial charge in [-0.15, -0.1) is 0 Å². The molecule has 0 spiro atoms. The van der Waals surface area contributed by atoms with Crippen LogP contribution < -0.4 is 5.32 Å². The van der Waals surface area contributed by atoms with E-state index in [1.807, 2.05) is 0 Å². The lowest BCUT2D eigenvalue weighted by molar-refractivity contribution is -0.385. The molecule has 110 valence electrons. The lowest BCUT2D eigenvalue weighted by Crippen LogP contribution is -2.26. The summed E-state index contributed by atoms with van der Waals surface area (Å²) in [7, 11) is 0. The smallest absolute Gasteiger partial charge is 0.277 e. The van der Waals surface area contributed by atoms with E-state index in [2.05, 4.69) is 17.2 Å². The van der Waals surface area contributed by atoms with Crippen molar-refractivity contribution < 1.29 is 4.92 Å². The van der Waals surface area contributed by atoms with Crippen LogP contribution in [0.4, 0.5) is 11.5 Å².